The fraction of sp³-hybridized carbons (Fsp3) is 0.136. The number of nitrogens with zero attached hydrogens (tertiary/aromatic N) is 1. The lowest BCUT2D eigenvalue weighted by molar-refractivity contribution is 0.102. The molecule has 1 amide bonds. The number of sulfonamides is 1. The number of amides is 1. The lowest BCUT2D eigenvalue weighted by atomic mass is 10.2. The molecule has 0 saturated heterocycles. The maximum Gasteiger partial charge on any atom is 0.255 e. The molecule has 0 bridgehead atoms. The number of hydrogen-bond donors (Lipinski definition) is 1. The number of halogens is 1. The third-order valence-corrected chi connectivity index (χ3v) is 6.19. The molecule has 0 radical (unpaired) electrons. The van der Waals surface area contributed by atoms with Crippen LogP contribution >= 0.6 is 0 Å². The first kappa shape index (κ1) is 22.3. The molecule has 0 unspecified atom stereocenters. The van der Waals surface area contributed by atoms with Crippen molar-refractivity contribution >= 4 is 21.6 Å². The van der Waals surface area contributed by atoms with Gasteiger partial charge in [0.15, 0.2) is 11.5 Å². The van der Waals surface area contributed by atoms with Gasteiger partial charge in [0.2, 0.25) is 10.0 Å². The highest BCUT2D eigenvalue weighted by atomic mass is 32.2. The van der Waals surface area contributed by atoms with Crippen LogP contribution in [0.2, 0.25) is 0 Å². The van der Waals surface area contributed by atoms with Crippen LogP contribution in [0.4, 0.5) is 10.1 Å². The molecule has 0 fully saturated rings. The first-order valence-electron chi connectivity index (χ1n) is 9.16. The number of ether oxygens (including phenoxy) is 2. The summed E-state index contributed by atoms with van der Waals surface area (Å²) in [7, 11) is 0.0968. The highest BCUT2D eigenvalue weighted by Gasteiger charge is 2.23. The van der Waals surface area contributed by atoms with Crippen molar-refractivity contribution < 1.29 is 27.1 Å². The SMILES string of the molecule is COc1ccccc1Oc1ccc(NC(=O)c2ccc(F)c(S(=O)(=O)N(C)C)c2)cc1. The Morgan fingerprint density at radius 3 is 2.23 bits per heavy atom. The molecule has 0 aliphatic rings. The van der Waals surface area contributed by atoms with Crippen molar-refractivity contribution in [3.63, 3.8) is 0 Å². The van der Waals surface area contributed by atoms with Crippen molar-refractivity contribution in [2.45, 2.75) is 4.90 Å². The Kier molecular flexibility index (Phi) is 6.57. The van der Waals surface area contributed by atoms with Gasteiger partial charge in [-0.3, -0.25) is 4.79 Å². The maximum atomic E-state index is 14.0. The van der Waals surface area contributed by atoms with Crippen LogP contribution in [0, 0.1) is 5.82 Å². The van der Waals surface area contributed by atoms with Crippen molar-refractivity contribution in [1.82, 2.24) is 4.31 Å². The number of rotatable bonds is 7. The second-order valence-corrected chi connectivity index (χ2v) is 8.78. The lowest BCUT2D eigenvalue weighted by Gasteiger charge is -2.13. The Hall–Kier alpha value is -3.43. The zero-order chi connectivity index (χ0) is 22.6. The molecule has 31 heavy (non-hydrogen) atoms. The van der Waals surface area contributed by atoms with Gasteiger partial charge in [0, 0.05) is 25.3 Å². The van der Waals surface area contributed by atoms with E-state index >= 15 is 0 Å². The van der Waals surface area contributed by atoms with E-state index in [2.05, 4.69) is 5.32 Å². The minimum atomic E-state index is -4.03. The Morgan fingerprint density at radius 2 is 1.61 bits per heavy atom. The third kappa shape index (κ3) is 5.01. The minimum Gasteiger partial charge on any atom is -0.493 e. The van der Waals surface area contributed by atoms with E-state index in [1.807, 2.05) is 12.1 Å². The van der Waals surface area contributed by atoms with Crippen LogP contribution in [-0.2, 0) is 10.0 Å². The molecule has 9 heteroatoms. The van der Waals surface area contributed by atoms with E-state index < -0.39 is 26.6 Å². The molecule has 0 spiro atoms. The van der Waals surface area contributed by atoms with E-state index in [0.29, 0.717) is 22.9 Å². The number of carbonyl (C=O) groups is 1. The van der Waals surface area contributed by atoms with Crippen molar-refractivity contribution in [2.75, 3.05) is 26.5 Å². The number of methoxy groups -OCH3 is 1. The van der Waals surface area contributed by atoms with Crippen molar-refractivity contribution in [3.05, 3.63) is 78.1 Å². The Morgan fingerprint density at radius 1 is 0.968 bits per heavy atom. The number of benzene rings is 3. The molecule has 1 N–H and O–H groups in total. The molecule has 7 nitrogen and oxygen atoms in total. The standard InChI is InChI=1S/C22H21FN2O5S/c1-25(2)31(27,28)21-14-15(8-13-18(21)23)22(26)24-16-9-11-17(12-10-16)30-20-7-5-4-6-19(20)29-3/h4-14H,1-3H3,(H,24,26). The fourth-order valence-corrected chi connectivity index (χ4v) is 3.66. The molecular weight excluding hydrogens is 423 g/mol. The topological polar surface area (TPSA) is 84.9 Å². The summed E-state index contributed by atoms with van der Waals surface area (Å²) >= 11 is 0. The summed E-state index contributed by atoms with van der Waals surface area (Å²) in [4.78, 5) is 12.0. The normalized spacial score (nSPS) is 11.3. The first-order valence-corrected chi connectivity index (χ1v) is 10.6. The molecular formula is C22H21FN2O5S. The summed E-state index contributed by atoms with van der Waals surface area (Å²) in [6.45, 7) is 0. The van der Waals surface area contributed by atoms with E-state index in [1.165, 1.54) is 20.2 Å². The Bertz CT molecular complexity index is 1190. The van der Waals surface area contributed by atoms with Crippen LogP contribution in [0.15, 0.2) is 71.6 Å². The summed E-state index contributed by atoms with van der Waals surface area (Å²) < 4.78 is 50.4. The quantitative estimate of drug-likeness (QED) is 0.592. The zero-order valence-electron chi connectivity index (χ0n) is 17.1. The molecule has 3 aromatic rings. The van der Waals surface area contributed by atoms with E-state index in [-0.39, 0.29) is 5.56 Å². The Labute approximate surface area is 180 Å². The zero-order valence-corrected chi connectivity index (χ0v) is 17.9. The third-order valence-electron chi connectivity index (χ3n) is 4.36. The first-order chi connectivity index (χ1) is 14.7. The number of anilines is 1. The number of nitrogens with one attached hydrogen (secondary N) is 1. The maximum absolute atomic E-state index is 14.0. The Balaban J connectivity index is 1.76. The van der Waals surface area contributed by atoms with Crippen molar-refractivity contribution in [3.8, 4) is 17.2 Å². The number of para-hydroxylation sites is 2. The molecule has 3 aromatic carbocycles. The van der Waals surface area contributed by atoms with Gasteiger partial charge < -0.3 is 14.8 Å². The summed E-state index contributed by atoms with van der Waals surface area (Å²) in [6, 6.07) is 17.0. The summed E-state index contributed by atoms with van der Waals surface area (Å²) in [5, 5.41) is 2.65. The summed E-state index contributed by atoms with van der Waals surface area (Å²) in [5.74, 6) is 0.155. The summed E-state index contributed by atoms with van der Waals surface area (Å²) in [5.41, 5.74) is 0.467. The molecule has 0 saturated carbocycles. The van der Waals surface area contributed by atoms with Gasteiger partial charge in [-0.05, 0) is 54.6 Å². The van der Waals surface area contributed by atoms with Gasteiger partial charge in [-0.2, -0.15) is 0 Å². The molecule has 0 heterocycles. The number of hydrogen-bond acceptors (Lipinski definition) is 5. The van der Waals surface area contributed by atoms with Gasteiger partial charge in [-0.15, -0.1) is 0 Å². The highest BCUT2D eigenvalue weighted by Crippen LogP contribution is 2.31. The van der Waals surface area contributed by atoms with Gasteiger partial charge in [0.1, 0.15) is 16.5 Å². The monoisotopic (exact) mass is 444 g/mol. The molecule has 0 atom stereocenters. The minimum absolute atomic E-state index is 0.0103. The molecule has 0 aromatic heterocycles. The van der Waals surface area contributed by atoms with Gasteiger partial charge >= 0.3 is 0 Å². The predicted molar refractivity (Wildman–Crippen MR) is 115 cm³/mol. The van der Waals surface area contributed by atoms with E-state index in [0.717, 1.165) is 16.4 Å². The second-order valence-electron chi connectivity index (χ2n) is 6.66. The van der Waals surface area contributed by atoms with Gasteiger partial charge in [-0.1, -0.05) is 12.1 Å². The molecule has 162 valence electrons. The summed E-state index contributed by atoms with van der Waals surface area (Å²) in [6.07, 6.45) is 0. The van der Waals surface area contributed by atoms with Gasteiger partial charge in [-0.25, -0.2) is 17.1 Å². The average Bonchev–Trinajstić information content (AvgIpc) is 2.75. The second kappa shape index (κ2) is 9.15. The fourth-order valence-electron chi connectivity index (χ4n) is 2.68. The van der Waals surface area contributed by atoms with Gasteiger partial charge in [0.05, 0.1) is 7.11 Å². The smallest absolute Gasteiger partial charge is 0.255 e. The van der Waals surface area contributed by atoms with Crippen molar-refractivity contribution in [1.29, 1.82) is 0 Å². The molecule has 0 aliphatic carbocycles. The van der Waals surface area contributed by atoms with Gasteiger partial charge in [0.25, 0.3) is 5.91 Å². The largest absolute Gasteiger partial charge is 0.493 e. The van der Waals surface area contributed by atoms with Crippen LogP contribution in [0.5, 0.6) is 17.2 Å². The average molecular weight is 444 g/mol. The number of carbonyl (C=O) groups excluding carboxylic acids is 1. The van der Waals surface area contributed by atoms with Crippen LogP contribution < -0.4 is 14.8 Å². The van der Waals surface area contributed by atoms with E-state index in [9.17, 15) is 17.6 Å². The van der Waals surface area contributed by atoms with Crippen LogP contribution in [0.3, 0.4) is 0 Å². The van der Waals surface area contributed by atoms with Crippen molar-refractivity contribution in [2.24, 2.45) is 0 Å². The highest BCUT2D eigenvalue weighted by molar-refractivity contribution is 7.89. The molecule has 3 rings (SSSR count). The van der Waals surface area contributed by atoms with E-state index in [4.69, 9.17) is 9.47 Å². The van der Waals surface area contributed by atoms with Crippen LogP contribution in [-0.4, -0.2) is 39.8 Å². The molecule has 0 aliphatic heterocycles. The van der Waals surface area contributed by atoms with E-state index in [1.54, 1.807) is 43.5 Å². The lowest BCUT2D eigenvalue weighted by Crippen LogP contribution is -2.24. The predicted octanol–water partition coefficient (Wildman–Crippen LogP) is 4.13. The van der Waals surface area contributed by atoms with Crippen LogP contribution in [0.25, 0.3) is 0 Å². The van der Waals surface area contributed by atoms with Crippen LogP contribution in [0.1, 0.15) is 10.4 Å².